The summed E-state index contributed by atoms with van der Waals surface area (Å²) in [5.41, 5.74) is 5.01. The molecule has 0 spiro atoms. The lowest BCUT2D eigenvalue weighted by Crippen LogP contribution is -2.51. The van der Waals surface area contributed by atoms with Crippen LogP contribution in [0.2, 0.25) is 0 Å². The Bertz CT molecular complexity index is 1240. The van der Waals surface area contributed by atoms with Gasteiger partial charge in [-0.3, -0.25) is 0 Å². The Kier molecular flexibility index (Phi) is 6.44. The van der Waals surface area contributed by atoms with E-state index in [2.05, 4.69) is 77.3 Å². The monoisotopic (exact) mass is 486 g/mol. The molecule has 7 heteroatoms. The van der Waals surface area contributed by atoms with Crippen LogP contribution in [-0.2, 0) is 13.0 Å². The number of likely N-dealkylation sites (N-methyl/N-ethyl adjacent to an activating group) is 1. The van der Waals surface area contributed by atoms with E-state index in [0.717, 1.165) is 57.2 Å². The summed E-state index contributed by atoms with van der Waals surface area (Å²) in [4.78, 5) is 17.4. The molecule has 0 amide bonds. The van der Waals surface area contributed by atoms with Crippen LogP contribution in [0, 0.1) is 6.92 Å². The second-order valence-electron chi connectivity index (χ2n) is 10.7. The van der Waals surface area contributed by atoms with Gasteiger partial charge in [-0.05, 0) is 63.7 Å². The van der Waals surface area contributed by atoms with Crippen molar-refractivity contribution < 1.29 is 4.74 Å². The Balaban J connectivity index is 1.35. The zero-order valence-corrected chi connectivity index (χ0v) is 21.8. The fraction of sp³-hybridized carbons (Fsp3) is 0.517. The molecule has 0 saturated carbocycles. The molecule has 1 aromatic heterocycles. The third-order valence-electron chi connectivity index (χ3n) is 8.30. The molecule has 1 N–H and O–H groups in total. The number of likely N-dealkylation sites (tertiary alicyclic amines) is 1. The van der Waals surface area contributed by atoms with E-state index < -0.39 is 0 Å². The summed E-state index contributed by atoms with van der Waals surface area (Å²) in [7, 11) is 2.19. The van der Waals surface area contributed by atoms with Gasteiger partial charge in [0.1, 0.15) is 12.4 Å². The first kappa shape index (κ1) is 23.5. The number of ether oxygens (including phenoxy) is 1. The third-order valence-corrected chi connectivity index (χ3v) is 8.30. The standard InChI is InChI=1S/C29H38N6O/c1-20-7-4-8-22-9-5-11-26(27(20)22)34-15-12-24-25(18-34)31-29(36-19-23-10-6-14-33(23)3)32-28(24)35-16-13-30-17-21(35)2/h4-5,7-9,11,21,23,30H,6,10,12-19H2,1-3H3/t21-,23+/m1/s1. The van der Waals surface area contributed by atoms with Gasteiger partial charge in [0.2, 0.25) is 0 Å². The lowest BCUT2D eigenvalue weighted by molar-refractivity contribution is 0.187. The third kappa shape index (κ3) is 4.39. The number of nitrogens with one attached hydrogen (secondary N) is 1. The minimum Gasteiger partial charge on any atom is -0.462 e. The number of rotatable bonds is 5. The normalized spacial score (nSPS) is 22.8. The minimum absolute atomic E-state index is 0.394. The lowest BCUT2D eigenvalue weighted by atomic mass is 9.99. The number of aryl methyl sites for hydroxylation is 1. The largest absolute Gasteiger partial charge is 0.462 e. The molecule has 0 unspecified atom stereocenters. The van der Waals surface area contributed by atoms with E-state index in [0.29, 0.717) is 24.7 Å². The van der Waals surface area contributed by atoms with Gasteiger partial charge in [0, 0.05) is 54.9 Å². The summed E-state index contributed by atoms with van der Waals surface area (Å²) in [6.45, 7) is 10.9. The summed E-state index contributed by atoms with van der Waals surface area (Å²) in [5.74, 6) is 1.08. The van der Waals surface area contributed by atoms with Crippen LogP contribution in [0.15, 0.2) is 36.4 Å². The average molecular weight is 487 g/mol. The molecule has 3 aliphatic heterocycles. The van der Waals surface area contributed by atoms with E-state index >= 15 is 0 Å². The number of benzene rings is 2. The first-order valence-electron chi connectivity index (χ1n) is 13.5. The van der Waals surface area contributed by atoms with E-state index in [4.69, 9.17) is 14.7 Å². The van der Waals surface area contributed by atoms with Crippen LogP contribution in [0.1, 0.15) is 36.6 Å². The van der Waals surface area contributed by atoms with Gasteiger partial charge in [-0.15, -0.1) is 0 Å². The number of hydrogen-bond acceptors (Lipinski definition) is 7. The zero-order chi connectivity index (χ0) is 24.6. The highest BCUT2D eigenvalue weighted by atomic mass is 16.5. The van der Waals surface area contributed by atoms with Crippen molar-refractivity contribution in [3.63, 3.8) is 0 Å². The molecule has 36 heavy (non-hydrogen) atoms. The molecule has 2 atom stereocenters. The second kappa shape index (κ2) is 9.87. The van der Waals surface area contributed by atoms with Crippen molar-refractivity contribution in [2.24, 2.45) is 0 Å². The number of fused-ring (bicyclic) bond motifs is 2. The van der Waals surface area contributed by atoms with Crippen molar-refractivity contribution in [3.05, 3.63) is 53.2 Å². The van der Waals surface area contributed by atoms with Crippen LogP contribution in [0.3, 0.4) is 0 Å². The van der Waals surface area contributed by atoms with Gasteiger partial charge >= 0.3 is 6.01 Å². The maximum atomic E-state index is 6.30. The van der Waals surface area contributed by atoms with Gasteiger partial charge in [0.05, 0.1) is 12.2 Å². The van der Waals surface area contributed by atoms with Crippen molar-refractivity contribution in [1.29, 1.82) is 0 Å². The second-order valence-corrected chi connectivity index (χ2v) is 10.7. The number of aromatic nitrogens is 2. The quantitative estimate of drug-likeness (QED) is 0.589. The number of piperazine rings is 1. The Morgan fingerprint density at radius 2 is 1.94 bits per heavy atom. The van der Waals surface area contributed by atoms with Crippen LogP contribution < -0.4 is 19.9 Å². The van der Waals surface area contributed by atoms with Crippen LogP contribution in [0.25, 0.3) is 10.8 Å². The number of hydrogen-bond donors (Lipinski definition) is 1. The molecule has 3 aromatic rings. The van der Waals surface area contributed by atoms with Gasteiger partial charge < -0.3 is 24.8 Å². The smallest absolute Gasteiger partial charge is 0.318 e. The van der Waals surface area contributed by atoms with E-state index in [9.17, 15) is 0 Å². The van der Waals surface area contributed by atoms with E-state index in [1.807, 2.05) is 0 Å². The first-order valence-corrected chi connectivity index (χ1v) is 13.5. The molecular weight excluding hydrogens is 448 g/mol. The van der Waals surface area contributed by atoms with E-state index in [1.54, 1.807) is 0 Å². The Hall–Kier alpha value is -2.90. The van der Waals surface area contributed by atoms with Crippen LogP contribution >= 0.6 is 0 Å². The van der Waals surface area contributed by atoms with Gasteiger partial charge in [-0.1, -0.05) is 30.3 Å². The lowest BCUT2D eigenvalue weighted by Gasteiger charge is -2.38. The van der Waals surface area contributed by atoms with Crippen molar-refractivity contribution in [3.8, 4) is 6.01 Å². The molecule has 2 fully saturated rings. The van der Waals surface area contributed by atoms with Crippen LogP contribution in [0.4, 0.5) is 11.5 Å². The number of anilines is 2. The van der Waals surface area contributed by atoms with E-state index in [-0.39, 0.29) is 0 Å². The average Bonchev–Trinajstić information content (AvgIpc) is 3.31. The van der Waals surface area contributed by atoms with Crippen LogP contribution in [-0.4, -0.2) is 73.3 Å². The summed E-state index contributed by atoms with van der Waals surface area (Å²) in [6.07, 6.45) is 3.35. The van der Waals surface area contributed by atoms with Gasteiger partial charge in [-0.25, -0.2) is 0 Å². The zero-order valence-electron chi connectivity index (χ0n) is 21.8. The molecular formula is C29H38N6O. The molecule has 2 saturated heterocycles. The molecule has 7 nitrogen and oxygen atoms in total. The van der Waals surface area contributed by atoms with Crippen molar-refractivity contribution >= 4 is 22.3 Å². The molecule has 6 rings (SSSR count). The topological polar surface area (TPSA) is 56.8 Å². The predicted octanol–water partition coefficient (Wildman–Crippen LogP) is 3.77. The fourth-order valence-electron chi connectivity index (χ4n) is 6.18. The highest BCUT2D eigenvalue weighted by molar-refractivity contribution is 5.97. The Morgan fingerprint density at radius 1 is 1.08 bits per heavy atom. The Labute approximate surface area is 214 Å². The van der Waals surface area contributed by atoms with Crippen molar-refractivity contribution in [2.45, 2.75) is 51.7 Å². The molecule has 3 aliphatic rings. The predicted molar refractivity (Wildman–Crippen MR) is 146 cm³/mol. The van der Waals surface area contributed by atoms with Crippen LogP contribution in [0.5, 0.6) is 6.01 Å². The maximum absolute atomic E-state index is 6.30. The summed E-state index contributed by atoms with van der Waals surface area (Å²) >= 11 is 0. The van der Waals surface area contributed by atoms with Crippen molar-refractivity contribution in [2.75, 3.05) is 56.2 Å². The maximum Gasteiger partial charge on any atom is 0.318 e. The SMILES string of the molecule is Cc1cccc2cccc(N3CCc4c(nc(OC[C@@H]5CCCN5C)nc4N4CCNC[C@H]4C)C3)c12. The van der Waals surface area contributed by atoms with Gasteiger partial charge in [0.25, 0.3) is 0 Å². The van der Waals surface area contributed by atoms with E-state index in [1.165, 1.54) is 40.4 Å². The molecule has 0 bridgehead atoms. The molecule has 0 radical (unpaired) electrons. The molecule has 190 valence electrons. The minimum atomic E-state index is 0.394. The number of nitrogens with zero attached hydrogens (tertiary/aromatic N) is 5. The highest BCUT2D eigenvalue weighted by Crippen LogP contribution is 2.35. The summed E-state index contributed by atoms with van der Waals surface area (Å²) in [6, 6.07) is 14.6. The highest BCUT2D eigenvalue weighted by Gasteiger charge is 2.30. The fourth-order valence-corrected chi connectivity index (χ4v) is 6.18. The summed E-state index contributed by atoms with van der Waals surface area (Å²) in [5, 5.41) is 6.15. The molecule has 0 aliphatic carbocycles. The molecule has 2 aromatic carbocycles. The van der Waals surface area contributed by atoms with Gasteiger partial charge in [-0.2, -0.15) is 9.97 Å². The van der Waals surface area contributed by atoms with Crippen molar-refractivity contribution in [1.82, 2.24) is 20.2 Å². The Morgan fingerprint density at radius 3 is 2.75 bits per heavy atom. The first-order chi connectivity index (χ1) is 17.6. The molecule has 4 heterocycles. The van der Waals surface area contributed by atoms with Gasteiger partial charge in [0.15, 0.2) is 0 Å². The summed E-state index contributed by atoms with van der Waals surface area (Å²) < 4.78 is 6.30.